The first kappa shape index (κ1) is 10.2. The standard InChI is InChI=1S/C6H12N3O.ClH/c1-3-5(2)9-4-6(7)10-8-9;/h4-5H,3,7H2,1-2H3;1H/q+1;/p-1. The highest BCUT2D eigenvalue weighted by molar-refractivity contribution is 5.11. The Kier molecular flexibility index (Phi) is 3.89. The van der Waals surface area contributed by atoms with Gasteiger partial charge in [-0.3, -0.25) is 4.52 Å². The van der Waals surface area contributed by atoms with Crippen LogP contribution in [-0.4, -0.2) is 5.27 Å². The van der Waals surface area contributed by atoms with Gasteiger partial charge in [0, 0.05) is 13.3 Å². The van der Waals surface area contributed by atoms with E-state index in [4.69, 9.17) is 5.73 Å². The average molecular weight is 178 g/mol. The van der Waals surface area contributed by atoms with Gasteiger partial charge >= 0.3 is 0 Å². The van der Waals surface area contributed by atoms with Crippen LogP contribution in [-0.2, 0) is 0 Å². The highest BCUT2D eigenvalue weighted by Crippen LogP contribution is 2.00. The summed E-state index contributed by atoms with van der Waals surface area (Å²) in [7, 11) is 0. The van der Waals surface area contributed by atoms with Crippen LogP contribution >= 0.6 is 0 Å². The molecule has 0 spiro atoms. The van der Waals surface area contributed by atoms with E-state index in [0.717, 1.165) is 6.42 Å². The van der Waals surface area contributed by atoms with E-state index in [1.807, 2.05) is 0 Å². The molecule has 1 rings (SSSR count). The van der Waals surface area contributed by atoms with Crippen molar-refractivity contribution in [1.29, 1.82) is 0 Å². The third-order valence-corrected chi connectivity index (χ3v) is 1.54. The second kappa shape index (κ2) is 4.18. The highest BCUT2D eigenvalue weighted by Gasteiger charge is 2.15. The predicted octanol–water partition coefficient (Wildman–Crippen LogP) is -2.48. The number of hydrogen-bond donors (Lipinski definition) is 1. The monoisotopic (exact) mass is 177 g/mol. The lowest BCUT2D eigenvalue weighted by molar-refractivity contribution is -0.782. The fourth-order valence-electron chi connectivity index (χ4n) is 0.667. The Morgan fingerprint density at radius 2 is 2.45 bits per heavy atom. The summed E-state index contributed by atoms with van der Waals surface area (Å²) < 4.78 is 6.40. The third kappa shape index (κ3) is 2.38. The van der Waals surface area contributed by atoms with E-state index in [1.54, 1.807) is 10.9 Å². The van der Waals surface area contributed by atoms with E-state index in [2.05, 4.69) is 23.6 Å². The molecule has 0 saturated heterocycles. The Morgan fingerprint density at radius 1 is 1.82 bits per heavy atom. The normalized spacial score (nSPS) is 12.2. The van der Waals surface area contributed by atoms with Crippen LogP contribution in [0, 0.1) is 0 Å². The van der Waals surface area contributed by atoms with Crippen LogP contribution in [0.3, 0.4) is 0 Å². The van der Waals surface area contributed by atoms with E-state index in [9.17, 15) is 0 Å². The summed E-state index contributed by atoms with van der Waals surface area (Å²) in [5, 5.41) is 3.70. The smallest absolute Gasteiger partial charge is 0.293 e. The lowest BCUT2D eigenvalue weighted by Gasteiger charge is -1.92. The maximum atomic E-state index is 5.32. The molecule has 0 aliphatic heterocycles. The topological polar surface area (TPSA) is 55.9 Å². The number of anilines is 1. The van der Waals surface area contributed by atoms with Crippen molar-refractivity contribution in [1.82, 2.24) is 5.27 Å². The Bertz CT molecular complexity index is 213. The zero-order chi connectivity index (χ0) is 7.56. The second-order valence-corrected chi connectivity index (χ2v) is 2.34. The molecule has 0 radical (unpaired) electrons. The van der Waals surface area contributed by atoms with Crippen molar-refractivity contribution in [2.75, 3.05) is 5.73 Å². The molecule has 0 aromatic carbocycles. The third-order valence-electron chi connectivity index (χ3n) is 1.54. The minimum absolute atomic E-state index is 0. The predicted molar refractivity (Wildman–Crippen MR) is 36.1 cm³/mol. The summed E-state index contributed by atoms with van der Waals surface area (Å²) in [5.74, 6) is 0.361. The van der Waals surface area contributed by atoms with Gasteiger partial charge in [-0.05, 0) is 4.68 Å². The second-order valence-electron chi connectivity index (χ2n) is 2.34. The summed E-state index contributed by atoms with van der Waals surface area (Å²) in [6.45, 7) is 4.14. The number of aromatic nitrogens is 2. The van der Waals surface area contributed by atoms with Crippen molar-refractivity contribution >= 4 is 5.88 Å². The molecular formula is C6H12ClN3O. The molecule has 4 nitrogen and oxygen atoms in total. The van der Waals surface area contributed by atoms with Crippen molar-refractivity contribution in [2.24, 2.45) is 0 Å². The van der Waals surface area contributed by atoms with Gasteiger partial charge in [0.15, 0.2) is 6.04 Å². The summed E-state index contributed by atoms with van der Waals surface area (Å²) in [5.41, 5.74) is 5.32. The van der Waals surface area contributed by atoms with Gasteiger partial charge in [-0.25, -0.2) is 0 Å². The molecular weight excluding hydrogens is 166 g/mol. The van der Waals surface area contributed by atoms with Gasteiger partial charge in [0.25, 0.3) is 12.1 Å². The van der Waals surface area contributed by atoms with E-state index >= 15 is 0 Å². The SMILES string of the molecule is CCC(C)[n+]1cc(N)on1.[Cl-]. The molecule has 64 valence electrons. The zero-order valence-corrected chi connectivity index (χ0v) is 7.38. The molecule has 1 atom stereocenters. The van der Waals surface area contributed by atoms with E-state index in [1.165, 1.54) is 0 Å². The lowest BCUT2D eigenvalue weighted by Crippen LogP contribution is -3.00. The van der Waals surface area contributed by atoms with Crippen LogP contribution in [0.15, 0.2) is 10.7 Å². The fraction of sp³-hybridized carbons (Fsp3) is 0.667. The number of hydrogen-bond acceptors (Lipinski definition) is 3. The molecule has 0 aliphatic carbocycles. The summed E-state index contributed by atoms with van der Waals surface area (Å²) in [6, 6.07) is 0.362. The molecule has 2 N–H and O–H groups in total. The van der Waals surface area contributed by atoms with Crippen LogP contribution in [0.1, 0.15) is 26.3 Å². The number of halogens is 1. The average Bonchev–Trinajstić information content (AvgIpc) is 2.34. The maximum Gasteiger partial charge on any atom is 0.293 e. The molecule has 1 aromatic rings. The summed E-state index contributed by atoms with van der Waals surface area (Å²) >= 11 is 0. The zero-order valence-electron chi connectivity index (χ0n) is 6.62. The fourth-order valence-corrected chi connectivity index (χ4v) is 0.667. The lowest BCUT2D eigenvalue weighted by atomic mass is 10.3. The minimum Gasteiger partial charge on any atom is -1.00 e. The molecule has 0 bridgehead atoms. The first-order valence-electron chi connectivity index (χ1n) is 3.37. The Morgan fingerprint density at radius 3 is 2.82 bits per heavy atom. The van der Waals surface area contributed by atoms with Gasteiger partial charge in [-0.2, -0.15) is 0 Å². The molecule has 0 aliphatic rings. The van der Waals surface area contributed by atoms with Crippen LogP contribution in [0.4, 0.5) is 5.88 Å². The van der Waals surface area contributed by atoms with Gasteiger partial charge in [0.2, 0.25) is 5.27 Å². The Hall–Kier alpha value is -0.770. The Labute approximate surface area is 71.7 Å². The van der Waals surface area contributed by atoms with Crippen LogP contribution in [0.25, 0.3) is 0 Å². The quantitative estimate of drug-likeness (QED) is 0.509. The van der Waals surface area contributed by atoms with Crippen LogP contribution in [0.5, 0.6) is 0 Å². The molecule has 0 amide bonds. The molecule has 1 heterocycles. The number of nitrogen functional groups attached to an aromatic ring is 1. The van der Waals surface area contributed by atoms with Gasteiger partial charge < -0.3 is 18.1 Å². The van der Waals surface area contributed by atoms with Gasteiger partial charge in [0.1, 0.15) is 0 Å². The van der Waals surface area contributed by atoms with Gasteiger partial charge in [0.05, 0.1) is 0 Å². The first-order valence-corrected chi connectivity index (χ1v) is 3.37. The minimum atomic E-state index is 0. The van der Waals surface area contributed by atoms with E-state index in [0.29, 0.717) is 11.9 Å². The van der Waals surface area contributed by atoms with Crippen molar-refractivity contribution in [3.63, 3.8) is 0 Å². The molecule has 0 saturated carbocycles. The maximum absolute atomic E-state index is 5.32. The van der Waals surface area contributed by atoms with E-state index in [-0.39, 0.29) is 12.4 Å². The summed E-state index contributed by atoms with van der Waals surface area (Å²) in [6.07, 6.45) is 2.71. The molecule has 1 aromatic heterocycles. The largest absolute Gasteiger partial charge is 1.00 e. The number of rotatable bonds is 2. The van der Waals surface area contributed by atoms with Crippen molar-refractivity contribution in [3.8, 4) is 0 Å². The molecule has 5 heteroatoms. The highest BCUT2D eigenvalue weighted by atomic mass is 35.5. The first-order chi connectivity index (χ1) is 4.74. The van der Waals surface area contributed by atoms with Crippen LogP contribution < -0.4 is 22.8 Å². The number of nitrogens with two attached hydrogens (primary N) is 1. The number of nitrogens with zero attached hydrogens (tertiary/aromatic N) is 2. The Balaban J connectivity index is 0.000001000. The van der Waals surface area contributed by atoms with E-state index < -0.39 is 0 Å². The van der Waals surface area contributed by atoms with Gasteiger partial charge in [-0.1, -0.05) is 6.92 Å². The van der Waals surface area contributed by atoms with Crippen LogP contribution in [0.2, 0.25) is 0 Å². The summed E-state index contributed by atoms with van der Waals surface area (Å²) in [4.78, 5) is 0. The molecule has 1 unspecified atom stereocenters. The van der Waals surface area contributed by atoms with Gasteiger partial charge in [-0.15, -0.1) is 0 Å². The van der Waals surface area contributed by atoms with Crippen molar-refractivity contribution in [3.05, 3.63) is 6.20 Å². The van der Waals surface area contributed by atoms with Crippen molar-refractivity contribution in [2.45, 2.75) is 26.3 Å². The molecule has 0 fully saturated rings. The molecule has 11 heavy (non-hydrogen) atoms. The van der Waals surface area contributed by atoms with Crippen molar-refractivity contribution < 1.29 is 21.6 Å².